The highest BCUT2D eigenvalue weighted by Gasteiger charge is 2.30. The molecule has 1 amide bonds. The van der Waals surface area contributed by atoms with Gasteiger partial charge in [0.1, 0.15) is 5.82 Å². The Bertz CT molecular complexity index is 1310. The second-order valence-corrected chi connectivity index (χ2v) is 10.5. The average Bonchev–Trinajstić information content (AvgIpc) is 3.42. The Hall–Kier alpha value is -2.97. The maximum Gasteiger partial charge on any atom is 0.230 e. The molecule has 5 rings (SSSR count). The maximum absolute atomic E-state index is 12.5. The summed E-state index contributed by atoms with van der Waals surface area (Å²) < 4.78 is 2.25. The van der Waals surface area contributed by atoms with Gasteiger partial charge in [-0.25, -0.2) is 4.98 Å². The summed E-state index contributed by atoms with van der Waals surface area (Å²) in [6.45, 7) is 6.44. The molecule has 0 bridgehead atoms. The lowest BCUT2D eigenvalue weighted by Crippen LogP contribution is -2.23. The number of carbonyl (C=O) groups excluding carboxylic acids is 1. The Labute approximate surface area is 208 Å². The van der Waals surface area contributed by atoms with E-state index in [-0.39, 0.29) is 5.91 Å². The van der Waals surface area contributed by atoms with Crippen LogP contribution in [0.4, 0.5) is 10.8 Å². The van der Waals surface area contributed by atoms with Gasteiger partial charge in [-0.05, 0) is 43.9 Å². The van der Waals surface area contributed by atoms with Gasteiger partial charge >= 0.3 is 0 Å². The molecule has 1 aliphatic carbocycles. The van der Waals surface area contributed by atoms with Gasteiger partial charge in [-0.2, -0.15) is 0 Å². The largest absolute Gasteiger partial charge is 0.301 e. The lowest BCUT2D eigenvalue weighted by molar-refractivity contribution is -0.115. The number of anilines is 2. The molecule has 1 saturated carbocycles. The molecule has 1 aliphatic rings. The van der Waals surface area contributed by atoms with Gasteiger partial charge in [0.15, 0.2) is 10.3 Å². The molecular formula is C26H27N5OS2. The van der Waals surface area contributed by atoms with E-state index in [0.29, 0.717) is 16.8 Å². The van der Waals surface area contributed by atoms with E-state index in [9.17, 15) is 4.79 Å². The van der Waals surface area contributed by atoms with E-state index in [4.69, 9.17) is 4.98 Å². The predicted molar refractivity (Wildman–Crippen MR) is 138 cm³/mol. The van der Waals surface area contributed by atoms with Crippen LogP contribution in [-0.2, 0) is 17.1 Å². The van der Waals surface area contributed by atoms with Gasteiger partial charge in [0, 0.05) is 24.0 Å². The molecule has 0 N–H and O–H groups in total. The summed E-state index contributed by atoms with van der Waals surface area (Å²) in [5.41, 5.74) is 5.29. The topological polar surface area (TPSA) is 63.9 Å². The fraction of sp³-hybridized carbons (Fsp3) is 0.308. The number of nitrogens with zero attached hydrogens (tertiary/aromatic N) is 5. The first kappa shape index (κ1) is 22.8. The van der Waals surface area contributed by atoms with Crippen LogP contribution in [0.1, 0.15) is 53.9 Å². The summed E-state index contributed by atoms with van der Waals surface area (Å²) in [6, 6.07) is 16.6. The predicted octanol–water partition coefficient (Wildman–Crippen LogP) is 6.25. The minimum atomic E-state index is -0.0443. The summed E-state index contributed by atoms with van der Waals surface area (Å²) in [4.78, 5) is 19.0. The van der Waals surface area contributed by atoms with Crippen LogP contribution < -0.4 is 4.90 Å². The third-order valence-corrected chi connectivity index (χ3v) is 7.73. The zero-order chi connectivity index (χ0) is 23.7. The maximum atomic E-state index is 12.5. The van der Waals surface area contributed by atoms with Gasteiger partial charge < -0.3 is 4.57 Å². The van der Waals surface area contributed by atoms with Crippen molar-refractivity contribution in [2.45, 2.75) is 57.0 Å². The Morgan fingerprint density at radius 2 is 1.94 bits per heavy atom. The van der Waals surface area contributed by atoms with E-state index in [1.165, 1.54) is 35.3 Å². The highest BCUT2D eigenvalue weighted by Crippen LogP contribution is 2.40. The van der Waals surface area contributed by atoms with Gasteiger partial charge in [-0.15, -0.1) is 21.5 Å². The van der Waals surface area contributed by atoms with Crippen molar-refractivity contribution in [1.29, 1.82) is 0 Å². The van der Waals surface area contributed by atoms with Crippen molar-refractivity contribution >= 4 is 39.8 Å². The van der Waals surface area contributed by atoms with Crippen LogP contribution >= 0.6 is 23.1 Å². The van der Waals surface area contributed by atoms with Crippen molar-refractivity contribution in [2.24, 2.45) is 0 Å². The Kier molecular flexibility index (Phi) is 6.52. The molecule has 0 atom stereocenters. The number of hydrogen-bond acceptors (Lipinski definition) is 6. The molecule has 2 aromatic heterocycles. The summed E-state index contributed by atoms with van der Waals surface area (Å²) in [5.74, 6) is 2.24. The van der Waals surface area contributed by atoms with Crippen molar-refractivity contribution in [1.82, 2.24) is 19.7 Å². The molecule has 0 saturated heterocycles. The van der Waals surface area contributed by atoms with E-state index in [0.717, 1.165) is 34.5 Å². The summed E-state index contributed by atoms with van der Waals surface area (Å²) in [5, 5.41) is 12.7. The van der Waals surface area contributed by atoms with E-state index < -0.39 is 0 Å². The van der Waals surface area contributed by atoms with E-state index in [1.54, 1.807) is 23.6 Å². The molecule has 6 nitrogen and oxygen atoms in total. The zero-order valence-corrected chi connectivity index (χ0v) is 21.2. The molecule has 8 heteroatoms. The van der Waals surface area contributed by atoms with Crippen molar-refractivity contribution in [2.75, 3.05) is 4.90 Å². The second kappa shape index (κ2) is 9.72. The summed E-state index contributed by atoms with van der Waals surface area (Å²) in [7, 11) is 0. The number of rotatable bonds is 8. The number of thiazole rings is 1. The molecule has 0 radical (unpaired) electrons. The summed E-state index contributed by atoms with van der Waals surface area (Å²) in [6.07, 6.45) is 2.37. The molecule has 0 aliphatic heterocycles. The summed E-state index contributed by atoms with van der Waals surface area (Å²) >= 11 is 3.14. The van der Waals surface area contributed by atoms with E-state index >= 15 is 0 Å². The fourth-order valence-corrected chi connectivity index (χ4v) is 5.85. The van der Waals surface area contributed by atoms with Crippen molar-refractivity contribution in [3.63, 3.8) is 0 Å². The smallest absolute Gasteiger partial charge is 0.230 e. The number of aromatic nitrogens is 4. The lowest BCUT2D eigenvalue weighted by Gasteiger charge is -2.20. The molecule has 2 aromatic carbocycles. The first-order chi connectivity index (χ1) is 16.5. The standard InChI is InChI=1S/C26H27N5OS2/c1-17-9-12-23(18(2)13-17)31(19(3)32)25-27-22(15-33-25)16-34-26-29-28-24(21-10-11-21)30(26)14-20-7-5-4-6-8-20/h4-9,12-13,15,21H,10-11,14,16H2,1-3H3. The van der Waals surface area contributed by atoms with Gasteiger partial charge in [0.2, 0.25) is 5.91 Å². The number of carbonyl (C=O) groups is 1. The van der Waals surface area contributed by atoms with Gasteiger partial charge in [0.25, 0.3) is 0 Å². The molecule has 0 unspecified atom stereocenters. The lowest BCUT2D eigenvalue weighted by atomic mass is 10.1. The minimum absolute atomic E-state index is 0.0443. The molecule has 2 heterocycles. The molecule has 1 fully saturated rings. The van der Waals surface area contributed by atoms with E-state index in [1.807, 2.05) is 30.5 Å². The Balaban J connectivity index is 1.35. The Morgan fingerprint density at radius 1 is 1.15 bits per heavy atom. The number of benzene rings is 2. The Morgan fingerprint density at radius 3 is 2.65 bits per heavy atom. The van der Waals surface area contributed by atoms with Crippen LogP contribution in [-0.4, -0.2) is 25.7 Å². The highest BCUT2D eigenvalue weighted by atomic mass is 32.2. The fourth-order valence-electron chi connectivity index (χ4n) is 4.03. The molecule has 174 valence electrons. The van der Waals surface area contributed by atoms with Gasteiger partial charge in [-0.1, -0.05) is 59.8 Å². The monoisotopic (exact) mass is 489 g/mol. The molecule has 0 spiro atoms. The van der Waals surface area contributed by atoms with Crippen LogP contribution in [0.3, 0.4) is 0 Å². The van der Waals surface area contributed by atoms with Crippen LogP contribution in [0.5, 0.6) is 0 Å². The van der Waals surface area contributed by atoms with Gasteiger partial charge in [-0.3, -0.25) is 9.69 Å². The molecular weight excluding hydrogens is 462 g/mol. The van der Waals surface area contributed by atoms with Crippen LogP contribution in [0.2, 0.25) is 0 Å². The SMILES string of the molecule is CC(=O)N(c1nc(CSc2nnc(C3CC3)n2Cc2ccccc2)cs1)c1ccc(C)cc1C. The first-order valence-corrected chi connectivity index (χ1v) is 13.3. The number of amides is 1. The second-order valence-electron chi connectivity index (χ2n) is 8.74. The normalized spacial score (nSPS) is 13.3. The average molecular weight is 490 g/mol. The van der Waals surface area contributed by atoms with Crippen LogP contribution in [0, 0.1) is 13.8 Å². The van der Waals surface area contributed by atoms with Gasteiger partial charge in [0.05, 0.1) is 17.9 Å². The third kappa shape index (κ3) is 4.93. The molecule has 4 aromatic rings. The number of thioether (sulfide) groups is 1. The van der Waals surface area contributed by atoms with E-state index in [2.05, 4.69) is 52.0 Å². The highest BCUT2D eigenvalue weighted by molar-refractivity contribution is 7.98. The zero-order valence-electron chi connectivity index (χ0n) is 19.6. The molecule has 34 heavy (non-hydrogen) atoms. The third-order valence-electron chi connectivity index (χ3n) is 5.86. The number of aryl methyl sites for hydroxylation is 2. The number of hydrogen-bond donors (Lipinski definition) is 0. The van der Waals surface area contributed by atoms with Crippen molar-refractivity contribution in [3.05, 3.63) is 82.1 Å². The van der Waals surface area contributed by atoms with Crippen LogP contribution in [0.25, 0.3) is 0 Å². The first-order valence-electron chi connectivity index (χ1n) is 11.4. The minimum Gasteiger partial charge on any atom is -0.301 e. The van der Waals surface area contributed by atoms with Crippen LogP contribution in [0.15, 0.2) is 59.1 Å². The quantitative estimate of drug-likeness (QED) is 0.274. The van der Waals surface area contributed by atoms with Crippen molar-refractivity contribution < 1.29 is 4.79 Å². The van der Waals surface area contributed by atoms with Crippen molar-refractivity contribution in [3.8, 4) is 0 Å².